The lowest BCUT2D eigenvalue weighted by atomic mass is 9.87. The molecule has 1 aliphatic rings. The third-order valence-corrected chi connectivity index (χ3v) is 3.54. The van der Waals surface area contributed by atoms with Crippen LogP contribution in [-0.2, 0) is 4.79 Å². The second-order valence-corrected chi connectivity index (χ2v) is 6.07. The topological polar surface area (TPSA) is 55.1 Å². The van der Waals surface area contributed by atoms with E-state index >= 15 is 0 Å². The lowest BCUT2D eigenvalue weighted by molar-refractivity contribution is -0.124. The normalized spacial score (nSPS) is 19.8. The van der Waals surface area contributed by atoms with Crippen LogP contribution in [-0.4, -0.2) is 18.5 Å². The molecule has 0 heterocycles. The smallest absolute Gasteiger partial charge is 0.237 e. The van der Waals surface area contributed by atoms with Gasteiger partial charge in [0.15, 0.2) is 0 Å². The molecule has 0 unspecified atom stereocenters. The summed E-state index contributed by atoms with van der Waals surface area (Å²) >= 11 is 0. The molecule has 0 bridgehead atoms. The molecular weight excluding hydrogens is 200 g/mol. The molecule has 0 spiro atoms. The molecule has 0 aromatic carbocycles. The second-order valence-electron chi connectivity index (χ2n) is 6.07. The van der Waals surface area contributed by atoms with Gasteiger partial charge in [0, 0.05) is 6.54 Å². The maximum Gasteiger partial charge on any atom is 0.237 e. The summed E-state index contributed by atoms with van der Waals surface area (Å²) in [6.07, 6.45) is 6.51. The highest BCUT2D eigenvalue weighted by Crippen LogP contribution is 2.27. The Kier molecular flexibility index (Phi) is 4.78. The number of carbonyl (C=O) groups is 1. The molecule has 0 aliphatic heterocycles. The molecule has 1 atom stereocenters. The Balaban J connectivity index is 2.19. The highest BCUT2D eigenvalue weighted by atomic mass is 16.2. The maximum atomic E-state index is 11.7. The van der Waals surface area contributed by atoms with E-state index in [0.717, 1.165) is 18.9 Å². The Bertz CT molecular complexity index is 227. The van der Waals surface area contributed by atoms with Gasteiger partial charge in [-0.05, 0) is 17.8 Å². The summed E-state index contributed by atoms with van der Waals surface area (Å²) in [5, 5.41) is 2.95. The van der Waals surface area contributed by atoms with Crippen molar-refractivity contribution in [2.24, 2.45) is 17.1 Å². The van der Waals surface area contributed by atoms with Crippen molar-refractivity contribution in [3.63, 3.8) is 0 Å². The molecule has 0 saturated heterocycles. The molecule has 1 aliphatic carbocycles. The molecule has 3 nitrogen and oxygen atoms in total. The van der Waals surface area contributed by atoms with Crippen molar-refractivity contribution in [2.45, 2.75) is 58.9 Å². The summed E-state index contributed by atoms with van der Waals surface area (Å²) in [7, 11) is 0. The number of rotatable bonds is 4. The largest absolute Gasteiger partial charge is 0.355 e. The standard InChI is InChI=1S/C13H26N2O/c1-13(2,3)11(14)12(16)15-9-8-10-6-4-5-7-10/h10-11H,4-9,14H2,1-3H3,(H,15,16)/t11-/m1/s1. The molecular formula is C13H26N2O. The monoisotopic (exact) mass is 226 g/mol. The maximum absolute atomic E-state index is 11.7. The van der Waals surface area contributed by atoms with Crippen molar-refractivity contribution in [2.75, 3.05) is 6.54 Å². The van der Waals surface area contributed by atoms with Gasteiger partial charge in [-0.2, -0.15) is 0 Å². The van der Waals surface area contributed by atoms with Crippen LogP contribution in [0.25, 0.3) is 0 Å². The van der Waals surface area contributed by atoms with Crippen molar-refractivity contribution in [1.29, 1.82) is 0 Å². The quantitative estimate of drug-likeness (QED) is 0.771. The molecule has 3 N–H and O–H groups in total. The van der Waals surface area contributed by atoms with Gasteiger partial charge in [-0.1, -0.05) is 46.5 Å². The van der Waals surface area contributed by atoms with Crippen LogP contribution >= 0.6 is 0 Å². The van der Waals surface area contributed by atoms with Crippen LogP contribution in [0.5, 0.6) is 0 Å². The Labute approximate surface area is 99.2 Å². The van der Waals surface area contributed by atoms with Crippen molar-refractivity contribution in [3.8, 4) is 0 Å². The third-order valence-electron chi connectivity index (χ3n) is 3.54. The lowest BCUT2D eigenvalue weighted by Gasteiger charge is -2.26. The zero-order valence-electron chi connectivity index (χ0n) is 10.9. The molecule has 3 heteroatoms. The SMILES string of the molecule is CC(C)(C)[C@H](N)C(=O)NCCC1CCCC1. The van der Waals surface area contributed by atoms with Crippen LogP contribution < -0.4 is 11.1 Å². The minimum atomic E-state index is -0.406. The number of hydrogen-bond donors (Lipinski definition) is 2. The molecule has 1 fully saturated rings. The van der Waals surface area contributed by atoms with Crippen molar-refractivity contribution >= 4 is 5.91 Å². The van der Waals surface area contributed by atoms with Crippen LogP contribution in [0.15, 0.2) is 0 Å². The first kappa shape index (κ1) is 13.5. The summed E-state index contributed by atoms with van der Waals surface area (Å²) in [4.78, 5) is 11.7. The molecule has 1 amide bonds. The van der Waals surface area contributed by atoms with Gasteiger partial charge in [0.25, 0.3) is 0 Å². The first-order valence-electron chi connectivity index (χ1n) is 6.44. The van der Waals surface area contributed by atoms with Gasteiger partial charge in [-0.25, -0.2) is 0 Å². The van der Waals surface area contributed by atoms with Crippen LogP contribution in [0.4, 0.5) is 0 Å². The number of amides is 1. The fourth-order valence-electron chi connectivity index (χ4n) is 2.20. The van der Waals surface area contributed by atoms with E-state index in [1.54, 1.807) is 0 Å². The fourth-order valence-corrected chi connectivity index (χ4v) is 2.20. The van der Waals surface area contributed by atoms with Crippen molar-refractivity contribution < 1.29 is 4.79 Å². The van der Waals surface area contributed by atoms with Gasteiger partial charge >= 0.3 is 0 Å². The summed E-state index contributed by atoms with van der Waals surface area (Å²) in [5.41, 5.74) is 5.72. The molecule has 0 radical (unpaired) electrons. The summed E-state index contributed by atoms with van der Waals surface area (Å²) in [6.45, 7) is 6.77. The predicted molar refractivity (Wildman–Crippen MR) is 67.0 cm³/mol. The van der Waals surface area contributed by atoms with Gasteiger partial charge < -0.3 is 11.1 Å². The Morgan fingerprint density at radius 2 is 1.94 bits per heavy atom. The lowest BCUT2D eigenvalue weighted by Crippen LogP contribution is -2.48. The average Bonchev–Trinajstić information content (AvgIpc) is 2.67. The van der Waals surface area contributed by atoms with Crippen LogP contribution in [0, 0.1) is 11.3 Å². The highest BCUT2D eigenvalue weighted by Gasteiger charge is 2.27. The average molecular weight is 226 g/mol. The van der Waals surface area contributed by atoms with E-state index in [4.69, 9.17) is 5.73 Å². The van der Waals surface area contributed by atoms with E-state index in [2.05, 4.69) is 5.32 Å². The van der Waals surface area contributed by atoms with Gasteiger partial charge in [0.05, 0.1) is 6.04 Å². The minimum Gasteiger partial charge on any atom is -0.355 e. The Hall–Kier alpha value is -0.570. The number of carbonyl (C=O) groups excluding carboxylic acids is 1. The first-order chi connectivity index (χ1) is 7.41. The predicted octanol–water partition coefficient (Wildman–Crippen LogP) is 2.06. The fraction of sp³-hybridized carbons (Fsp3) is 0.923. The van der Waals surface area contributed by atoms with E-state index in [1.165, 1.54) is 25.7 Å². The van der Waals surface area contributed by atoms with E-state index in [-0.39, 0.29) is 11.3 Å². The zero-order chi connectivity index (χ0) is 12.2. The Morgan fingerprint density at radius 3 is 2.44 bits per heavy atom. The summed E-state index contributed by atoms with van der Waals surface area (Å²) < 4.78 is 0. The van der Waals surface area contributed by atoms with Crippen LogP contribution in [0.3, 0.4) is 0 Å². The molecule has 1 rings (SSSR count). The molecule has 0 aromatic rings. The van der Waals surface area contributed by atoms with Gasteiger partial charge in [0.2, 0.25) is 5.91 Å². The van der Waals surface area contributed by atoms with Crippen molar-refractivity contribution in [1.82, 2.24) is 5.32 Å². The zero-order valence-corrected chi connectivity index (χ0v) is 10.9. The number of hydrogen-bond acceptors (Lipinski definition) is 2. The van der Waals surface area contributed by atoms with Gasteiger partial charge in [-0.3, -0.25) is 4.79 Å². The molecule has 1 saturated carbocycles. The number of nitrogens with two attached hydrogens (primary N) is 1. The summed E-state index contributed by atoms with van der Waals surface area (Å²) in [6, 6.07) is -0.406. The van der Waals surface area contributed by atoms with E-state index < -0.39 is 6.04 Å². The highest BCUT2D eigenvalue weighted by molar-refractivity contribution is 5.82. The van der Waals surface area contributed by atoms with E-state index in [9.17, 15) is 4.79 Å². The van der Waals surface area contributed by atoms with Crippen LogP contribution in [0.2, 0.25) is 0 Å². The minimum absolute atomic E-state index is 0.00880. The van der Waals surface area contributed by atoms with E-state index in [0.29, 0.717) is 0 Å². The Morgan fingerprint density at radius 1 is 1.38 bits per heavy atom. The second kappa shape index (κ2) is 5.67. The molecule has 16 heavy (non-hydrogen) atoms. The van der Waals surface area contributed by atoms with Gasteiger partial charge in [0.1, 0.15) is 0 Å². The molecule has 0 aromatic heterocycles. The van der Waals surface area contributed by atoms with Gasteiger partial charge in [-0.15, -0.1) is 0 Å². The first-order valence-corrected chi connectivity index (χ1v) is 6.44. The van der Waals surface area contributed by atoms with E-state index in [1.807, 2.05) is 20.8 Å². The summed E-state index contributed by atoms with van der Waals surface area (Å²) in [5.74, 6) is 0.816. The number of nitrogens with one attached hydrogen (secondary N) is 1. The third kappa shape index (κ3) is 4.12. The molecule has 94 valence electrons. The van der Waals surface area contributed by atoms with Crippen molar-refractivity contribution in [3.05, 3.63) is 0 Å². The van der Waals surface area contributed by atoms with Crippen LogP contribution in [0.1, 0.15) is 52.9 Å².